The Morgan fingerprint density at radius 3 is 2.64 bits per heavy atom. The van der Waals surface area contributed by atoms with Crippen LogP contribution in [0.5, 0.6) is 0 Å². The maximum Gasteiger partial charge on any atom is 0.306 e. The van der Waals surface area contributed by atoms with Crippen LogP contribution in [0.3, 0.4) is 0 Å². The second-order valence-electron chi connectivity index (χ2n) is 5.97. The number of allylic oxidation sites excluding steroid dienone is 2. The van der Waals surface area contributed by atoms with Crippen molar-refractivity contribution in [2.24, 2.45) is 5.92 Å². The van der Waals surface area contributed by atoms with E-state index in [0.29, 0.717) is 5.92 Å². The Hall–Kier alpha value is -1.13. The first-order chi connectivity index (χ1) is 10.5. The molecule has 4 nitrogen and oxygen atoms in total. The summed E-state index contributed by atoms with van der Waals surface area (Å²) in [4.78, 5) is 22.1. The number of rotatable bonds is 9. The van der Waals surface area contributed by atoms with E-state index >= 15 is 0 Å². The van der Waals surface area contributed by atoms with Gasteiger partial charge in [0.05, 0.1) is 6.42 Å². The third-order valence-electron chi connectivity index (χ3n) is 4.34. The summed E-state index contributed by atoms with van der Waals surface area (Å²) in [6.45, 7) is 8.42. The summed E-state index contributed by atoms with van der Waals surface area (Å²) in [5.41, 5.74) is 0.587. The summed E-state index contributed by atoms with van der Waals surface area (Å²) in [7, 11) is 0. The van der Waals surface area contributed by atoms with Crippen molar-refractivity contribution in [2.75, 3.05) is 0 Å². The van der Waals surface area contributed by atoms with Crippen LogP contribution in [0, 0.1) is 5.92 Å². The van der Waals surface area contributed by atoms with Crippen molar-refractivity contribution in [2.45, 2.75) is 77.9 Å². The van der Waals surface area contributed by atoms with Gasteiger partial charge in [0.25, 0.3) is 0 Å². The molecule has 0 radical (unpaired) electrons. The van der Waals surface area contributed by atoms with E-state index in [1.807, 2.05) is 6.92 Å². The SMILES string of the molecule is CC/C=C/[C@@H](CC)C[C@]1(CC)C=C(CC)[C@H](CC(=O)O)OO1. The molecular weight excluding hydrogens is 280 g/mol. The van der Waals surface area contributed by atoms with Crippen molar-refractivity contribution in [3.63, 3.8) is 0 Å². The molecule has 22 heavy (non-hydrogen) atoms. The molecule has 0 saturated carbocycles. The van der Waals surface area contributed by atoms with Crippen LogP contribution >= 0.6 is 0 Å². The molecule has 1 N–H and O–H groups in total. The molecule has 3 atom stereocenters. The quantitative estimate of drug-likeness (QED) is 0.497. The molecule has 1 aliphatic heterocycles. The normalized spacial score (nSPS) is 26.9. The second kappa shape index (κ2) is 9.11. The Bertz CT molecular complexity index is 413. The summed E-state index contributed by atoms with van der Waals surface area (Å²) in [5, 5.41) is 8.98. The van der Waals surface area contributed by atoms with Gasteiger partial charge in [-0.15, -0.1) is 0 Å². The predicted octanol–water partition coefficient (Wildman–Crippen LogP) is 4.66. The van der Waals surface area contributed by atoms with Gasteiger partial charge < -0.3 is 5.11 Å². The van der Waals surface area contributed by atoms with E-state index in [-0.39, 0.29) is 6.42 Å². The van der Waals surface area contributed by atoms with Gasteiger partial charge in [-0.1, -0.05) is 39.8 Å². The molecule has 0 aromatic heterocycles. The van der Waals surface area contributed by atoms with Gasteiger partial charge in [-0.2, -0.15) is 0 Å². The molecule has 0 fully saturated rings. The van der Waals surface area contributed by atoms with E-state index in [1.54, 1.807) is 0 Å². The predicted molar refractivity (Wildman–Crippen MR) is 87.4 cm³/mol. The molecule has 0 aliphatic carbocycles. The summed E-state index contributed by atoms with van der Waals surface area (Å²) in [6.07, 6.45) is 10.6. The van der Waals surface area contributed by atoms with Crippen molar-refractivity contribution in [3.8, 4) is 0 Å². The average Bonchev–Trinajstić information content (AvgIpc) is 2.52. The Labute approximate surface area is 134 Å². The molecule has 0 aromatic carbocycles. The first kappa shape index (κ1) is 18.9. The van der Waals surface area contributed by atoms with Crippen LogP contribution in [0.25, 0.3) is 0 Å². The zero-order valence-electron chi connectivity index (χ0n) is 14.3. The van der Waals surface area contributed by atoms with Gasteiger partial charge in [0, 0.05) is 0 Å². The first-order valence-corrected chi connectivity index (χ1v) is 8.44. The van der Waals surface area contributed by atoms with Crippen molar-refractivity contribution in [1.29, 1.82) is 0 Å². The van der Waals surface area contributed by atoms with Crippen molar-refractivity contribution >= 4 is 5.97 Å². The van der Waals surface area contributed by atoms with E-state index in [2.05, 4.69) is 39.0 Å². The van der Waals surface area contributed by atoms with E-state index < -0.39 is 17.7 Å². The van der Waals surface area contributed by atoms with Gasteiger partial charge in [0.1, 0.15) is 11.7 Å². The third-order valence-corrected chi connectivity index (χ3v) is 4.34. The molecule has 0 aromatic rings. The van der Waals surface area contributed by atoms with E-state index in [4.69, 9.17) is 14.9 Å². The monoisotopic (exact) mass is 310 g/mol. The van der Waals surface area contributed by atoms with Gasteiger partial charge in [0.2, 0.25) is 0 Å². The first-order valence-electron chi connectivity index (χ1n) is 8.44. The number of aliphatic carboxylic acids is 1. The van der Waals surface area contributed by atoms with Gasteiger partial charge in [-0.3, -0.25) is 4.79 Å². The van der Waals surface area contributed by atoms with Crippen LogP contribution in [0.2, 0.25) is 0 Å². The van der Waals surface area contributed by atoms with E-state index in [9.17, 15) is 4.79 Å². The molecule has 1 rings (SSSR count). The lowest BCUT2D eigenvalue weighted by Gasteiger charge is -2.38. The molecular formula is C18H30O4. The standard InChI is InChI=1S/C18H30O4/c1-5-9-10-14(6-2)12-18(8-4)13-15(7-3)16(21-22-18)11-17(19)20/h9-10,13-14,16H,5-8,11-12H2,1-4H3,(H,19,20)/b10-9+/t14-,16+,18-/m1/s1. The molecule has 126 valence electrons. The fraction of sp³-hybridized carbons (Fsp3) is 0.722. The van der Waals surface area contributed by atoms with Crippen LogP contribution in [-0.2, 0) is 14.6 Å². The number of carbonyl (C=O) groups is 1. The molecule has 0 spiro atoms. The smallest absolute Gasteiger partial charge is 0.306 e. The molecule has 0 bridgehead atoms. The minimum absolute atomic E-state index is 0.0492. The second-order valence-corrected chi connectivity index (χ2v) is 5.97. The van der Waals surface area contributed by atoms with Crippen LogP contribution < -0.4 is 0 Å². The van der Waals surface area contributed by atoms with Gasteiger partial charge in [0.15, 0.2) is 0 Å². The lowest BCUT2D eigenvalue weighted by atomic mass is 9.83. The minimum atomic E-state index is -0.866. The summed E-state index contributed by atoms with van der Waals surface area (Å²) in [5.74, 6) is -0.428. The maximum absolute atomic E-state index is 10.9. The van der Waals surface area contributed by atoms with E-state index in [1.165, 1.54) is 0 Å². The van der Waals surface area contributed by atoms with Crippen molar-refractivity contribution < 1.29 is 19.7 Å². The Kier molecular flexibility index (Phi) is 7.83. The van der Waals surface area contributed by atoms with Crippen LogP contribution in [0.1, 0.15) is 66.2 Å². The average molecular weight is 310 g/mol. The molecule has 0 unspecified atom stereocenters. The maximum atomic E-state index is 10.9. The summed E-state index contributed by atoms with van der Waals surface area (Å²) >= 11 is 0. The Balaban J connectivity index is 2.93. The number of carboxylic acids is 1. The largest absolute Gasteiger partial charge is 0.481 e. The lowest BCUT2D eigenvalue weighted by Crippen LogP contribution is -2.40. The third kappa shape index (κ3) is 5.25. The molecule has 0 saturated heterocycles. The minimum Gasteiger partial charge on any atom is -0.481 e. The zero-order valence-corrected chi connectivity index (χ0v) is 14.3. The van der Waals surface area contributed by atoms with Crippen LogP contribution in [-0.4, -0.2) is 22.8 Å². The zero-order chi connectivity index (χ0) is 16.6. The highest BCUT2D eigenvalue weighted by Gasteiger charge is 2.37. The summed E-state index contributed by atoms with van der Waals surface area (Å²) in [6, 6.07) is 0. The highest BCUT2D eigenvalue weighted by molar-refractivity contribution is 5.68. The van der Waals surface area contributed by atoms with E-state index in [0.717, 1.165) is 37.7 Å². The number of hydrogen-bond donors (Lipinski definition) is 1. The van der Waals surface area contributed by atoms with Crippen LogP contribution in [0.15, 0.2) is 23.8 Å². The fourth-order valence-electron chi connectivity index (χ4n) is 2.84. The lowest BCUT2D eigenvalue weighted by molar-refractivity contribution is -0.378. The van der Waals surface area contributed by atoms with Crippen molar-refractivity contribution in [3.05, 3.63) is 23.8 Å². The molecule has 1 heterocycles. The van der Waals surface area contributed by atoms with Crippen LogP contribution in [0.4, 0.5) is 0 Å². The molecule has 1 aliphatic rings. The molecule has 4 heteroatoms. The summed E-state index contributed by atoms with van der Waals surface area (Å²) < 4.78 is 0. The molecule has 0 amide bonds. The highest BCUT2D eigenvalue weighted by atomic mass is 17.2. The topological polar surface area (TPSA) is 55.8 Å². The van der Waals surface area contributed by atoms with Gasteiger partial charge >= 0.3 is 5.97 Å². The fourth-order valence-corrected chi connectivity index (χ4v) is 2.84. The van der Waals surface area contributed by atoms with Gasteiger partial charge in [-0.05, 0) is 49.7 Å². The Morgan fingerprint density at radius 1 is 1.41 bits per heavy atom. The van der Waals surface area contributed by atoms with Crippen molar-refractivity contribution in [1.82, 2.24) is 0 Å². The number of hydrogen-bond acceptors (Lipinski definition) is 3. The van der Waals surface area contributed by atoms with Gasteiger partial charge in [-0.25, -0.2) is 9.78 Å². The Morgan fingerprint density at radius 2 is 2.14 bits per heavy atom. The number of carboxylic acid groups (broad SMARTS) is 1. The highest BCUT2D eigenvalue weighted by Crippen LogP contribution is 2.36.